The molecular formula is C26H31N2O2+. The SMILES string of the molecule is CCOC1(OCC)C2c3ccccc3C(n3cc[n+](Cc4ccccc4)c32)C1(C)C. The van der Waals surface area contributed by atoms with E-state index >= 15 is 0 Å². The molecule has 0 saturated heterocycles. The molecule has 4 heteroatoms. The van der Waals surface area contributed by atoms with Crippen LogP contribution < -0.4 is 4.57 Å². The third-order valence-corrected chi connectivity index (χ3v) is 6.98. The maximum absolute atomic E-state index is 6.60. The molecule has 3 aliphatic rings. The first kappa shape index (κ1) is 19.5. The molecule has 156 valence electrons. The van der Waals surface area contributed by atoms with Gasteiger partial charge in [0.1, 0.15) is 30.9 Å². The molecule has 2 aromatic carbocycles. The second kappa shape index (κ2) is 7.07. The summed E-state index contributed by atoms with van der Waals surface area (Å²) >= 11 is 0. The highest BCUT2D eigenvalue weighted by molar-refractivity contribution is 5.47. The molecule has 0 N–H and O–H groups in total. The van der Waals surface area contributed by atoms with Crippen molar-refractivity contribution >= 4 is 0 Å². The van der Waals surface area contributed by atoms with Gasteiger partial charge in [0.15, 0.2) is 5.79 Å². The Balaban J connectivity index is 1.75. The summed E-state index contributed by atoms with van der Waals surface area (Å²) in [7, 11) is 0. The summed E-state index contributed by atoms with van der Waals surface area (Å²) in [5.74, 6) is 0.568. The topological polar surface area (TPSA) is 27.3 Å². The van der Waals surface area contributed by atoms with Gasteiger partial charge >= 0.3 is 0 Å². The summed E-state index contributed by atoms with van der Waals surface area (Å²) in [5, 5.41) is 0. The number of hydrogen-bond donors (Lipinski definition) is 0. The molecule has 0 saturated carbocycles. The van der Waals surface area contributed by atoms with E-state index in [0.29, 0.717) is 13.2 Å². The third kappa shape index (κ3) is 2.50. The van der Waals surface area contributed by atoms with Gasteiger partial charge in [0.2, 0.25) is 0 Å². The quantitative estimate of drug-likeness (QED) is 0.442. The predicted octanol–water partition coefficient (Wildman–Crippen LogP) is 4.67. The number of aromatic nitrogens is 2. The van der Waals surface area contributed by atoms with Crippen molar-refractivity contribution in [1.29, 1.82) is 0 Å². The monoisotopic (exact) mass is 403 g/mol. The summed E-state index contributed by atoms with van der Waals surface area (Å²) < 4.78 is 18.0. The van der Waals surface area contributed by atoms with Gasteiger partial charge in [0.05, 0.1) is 5.41 Å². The van der Waals surface area contributed by atoms with Crippen molar-refractivity contribution in [3.63, 3.8) is 0 Å². The highest BCUT2D eigenvalue weighted by Gasteiger charge is 2.70. The average molecular weight is 404 g/mol. The molecule has 1 aliphatic carbocycles. The fourth-order valence-electron chi connectivity index (χ4n) is 5.90. The Kier molecular flexibility index (Phi) is 4.60. The van der Waals surface area contributed by atoms with E-state index in [0.717, 1.165) is 6.54 Å². The van der Waals surface area contributed by atoms with Crippen molar-refractivity contribution < 1.29 is 14.0 Å². The lowest BCUT2D eigenvalue weighted by molar-refractivity contribution is -0.699. The summed E-state index contributed by atoms with van der Waals surface area (Å²) in [6, 6.07) is 19.6. The Morgan fingerprint density at radius 1 is 0.900 bits per heavy atom. The highest BCUT2D eigenvalue weighted by Crippen LogP contribution is 2.64. The normalized spacial score (nSPS) is 22.5. The molecule has 0 spiro atoms. The Morgan fingerprint density at radius 3 is 2.20 bits per heavy atom. The minimum Gasteiger partial charge on any atom is -0.348 e. The van der Waals surface area contributed by atoms with Gasteiger partial charge in [-0.05, 0) is 25.0 Å². The van der Waals surface area contributed by atoms with Crippen LogP contribution in [0.3, 0.4) is 0 Å². The average Bonchev–Trinajstić information content (AvgIpc) is 3.14. The molecule has 6 rings (SSSR count). The first-order chi connectivity index (χ1) is 14.5. The Bertz CT molecular complexity index is 1050. The van der Waals surface area contributed by atoms with Gasteiger partial charge < -0.3 is 9.47 Å². The van der Waals surface area contributed by atoms with Crippen molar-refractivity contribution in [2.75, 3.05) is 13.2 Å². The fraction of sp³-hybridized carbons (Fsp3) is 0.423. The molecule has 1 aromatic heterocycles. The second-order valence-corrected chi connectivity index (χ2v) is 8.90. The highest BCUT2D eigenvalue weighted by atomic mass is 16.7. The van der Waals surface area contributed by atoms with E-state index in [1.807, 2.05) is 0 Å². The van der Waals surface area contributed by atoms with Gasteiger partial charge in [-0.1, -0.05) is 68.4 Å². The number of benzene rings is 2. The standard InChI is InChI=1S/C26H31N2O2/c1-5-29-26(30-6-2)22-20-14-10-11-15-21(20)23(25(26,3)4)28-17-16-27(24(22)28)18-19-12-8-7-9-13-19/h7-17,22-23H,5-6,18H2,1-4H3/q+1. The van der Waals surface area contributed by atoms with E-state index in [1.165, 1.54) is 22.5 Å². The number of rotatable bonds is 6. The van der Waals surface area contributed by atoms with Crippen LogP contribution in [0.4, 0.5) is 0 Å². The first-order valence-corrected chi connectivity index (χ1v) is 11.1. The Labute approximate surface area is 179 Å². The van der Waals surface area contributed by atoms with Crippen LogP contribution in [0.15, 0.2) is 67.0 Å². The van der Waals surface area contributed by atoms with Crippen LogP contribution in [-0.4, -0.2) is 23.6 Å². The zero-order valence-corrected chi connectivity index (χ0v) is 18.3. The van der Waals surface area contributed by atoms with E-state index in [4.69, 9.17) is 9.47 Å². The van der Waals surface area contributed by atoms with Gasteiger partial charge in [-0.15, -0.1) is 0 Å². The zero-order valence-electron chi connectivity index (χ0n) is 18.3. The summed E-state index contributed by atoms with van der Waals surface area (Å²) in [5.41, 5.74) is 3.78. The van der Waals surface area contributed by atoms with Crippen LogP contribution in [0.5, 0.6) is 0 Å². The van der Waals surface area contributed by atoms with Crippen LogP contribution >= 0.6 is 0 Å². The molecular weight excluding hydrogens is 372 g/mol. The van der Waals surface area contributed by atoms with E-state index < -0.39 is 5.79 Å². The minimum atomic E-state index is -0.706. The lowest BCUT2D eigenvalue weighted by Gasteiger charge is -2.58. The molecule has 0 radical (unpaired) electrons. The van der Waals surface area contributed by atoms with E-state index in [1.54, 1.807) is 0 Å². The van der Waals surface area contributed by atoms with Crippen LogP contribution in [0, 0.1) is 5.41 Å². The maximum Gasteiger partial charge on any atom is 0.270 e. The molecule has 2 atom stereocenters. The first-order valence-electron chi connectivity index (χ1n) is 11.1. The lowest BCUT2D eigenvalue weighted by atomic mass is 9.58. The van der Waals surface area contributed by atoms with Gasteiger partial charge in [-0.3, -0.25) is 0 Å². The molecule has 30 heavy (non-hydrogen) atoms. The third-order valence-electron chi connectivity index (χ3n) is 6.98. The van der Waals surface area contributed by atoms with Crippen LogP contribution in [0.25, 0.3) is 0 Å². The molecule has 3 heterocycles. The number of fused-ring (bicyclic) bond motifs is 1. The van der Waals surface area contributed by atoms with Gasteiger partial charge in [0.25, 0.3) is 5.82 Å². The second-order valence-electron chi connectivity index (χ2n) is 8.90. The molecule has 0 fully saturated rings. The molecule has 2 aliphatic heterocycles. The fourth-order valence-corrected chi connectivity index (χ4v) is 5.90. The van der Waals surface area contributed by atoms with E-state index in [9.17, 15) is 0 Å². The molecule has 2 bridgehead atoms. The van der Waals surface area contributed by atoms with Crippen molar-refractivity contribution in [3.8, 4) is 0 Å². The molecule has 0 amide bonds. The number of nitrogens with zero attached hydrogens (tertiary/aromatic N) is 2. The number of imidazole rings is 1. The lowest BCUT2D eigenvalue weighted by Crippen LogP contribution is -2.66. The van der Waals surface area contributed by atoms with Crippen molar-refractivity contribution in [2.45, 2.75) is 52.0 Å². The van der Waals surface area contributed by atoms with Crippen LogP contribution in [-0.2, 0) is 16.0 Å². The summed E-state index contributed by atoms with van der Waals surface area (Å²) in [4.78, 5) is 0. The van der Waals surface area contributed by atoms with E-state index in [-0.39, 0.29) is 17.4 Å². The maximum atomic E-state index is 6.60. The van der Waals surface area contributed by atoms with Gasteiger partial charge in [-0.2, -0.15) is 0 Å². The van der Waals surface area contributed by atoms with Crippen molar-refractivity contribution in [1.82, 2.24) is 4.57 Å². The van der Waals surface area contributed by atoms with Crippen molar-refractivity contribution in [3.05, 3.63) is 89.5 Å². The van der Waals surface area contributed by atoms with Gasteiger partial charge in [-0.25, -0.2) is 9.13 Å². The zero-order chi connectivity index (χ0) is 20.9. The van der Waals surface area contributed by atoms with Crippen LogP contribution in [0.1, 0.15) is 62.2 Å². The molecule has 4 nitrogen and oxygen atoms in total. The predicted molar refractivity (Wildman–Crippen MR) is 116 cm³/mol. The Hall–Kier alpha value is -2.43. The summed E-state index contributed by atoms with van der Waals surface area (Å²) in [6.45, 7) is 10.8. The largest absolute Gasteiger partial charge is 0.348 e. The van der Waals surface area contributed by atoms with E-state index in [2.05, 4.69) is 104 Å². The minimum absolute atomic E-state index is 0.00677. The van der Waals surface area contributed by atoms with Gasteiger partial charge in [0, 0.05) is 18.8 Å². The number of hydrogen-bond acceptors (Lipinski definition) is 2. The summed E-state index contributed by atoms with van der Waals surface area (Å²) in [6.07, 6.45) is 4.47. The van der Waals surface area contributed by atoms with Crippen molar-refractivity contribution in [2.24, 2.45) is 5.41 Å². The number of ether oxygens (including phenoxy) is 2. The Morgan fingerprint density at radius 2 is 1.53 bits per heavy atom. The smallest absolute Gasteiger partial charge is 0.270 e. The molecule has 2 unspecified atom stereocenters. The molecule has 3 aromatic rings. The van der Waals surface area contributed by atoms with Crippen LogP contribution in [0.2, 0.25) is 0 Å².